The third kappa shape index (κ3) is 4.58. The third-order valence-electron chi connectivity index (χ3n) is 4.54. The number of nitrogens with zero attached hydrogens (tertiary/aromatic N) is 2. The van der Waals surface area contributed by atoms with Crippen molar-refractivity contribution < 1.29 is 27.4 Å². The standard InChI is InChI=1S/C20H23N3O6S2/c1-5-8-23-14-7-6-13(31(21,25)26)11-17(14)30-20(23)22-19(24)12-9-15(27-2)18(29-4)16(10-12)28-3/h6-7,9-11H,5,8H2,1-4H3,(H2,21,25,26). The Hall–Kier alpha value is -2.89. The molecule has 0 radical (unpaired) electrons. The van der Waals surface area contributed by atoms with Crippen molar-refractivity contribution in [2.75, 3.05) is 21.3 Å². The lowest BCUT2D eigenvalue weighted by Crippen LogP contribution is -2.17. The first-order valence-electron chi connectivity index (χ1n) is 9.28. The second kappa shape index (κ2) is 9.08. The second-order valence-corrected chi connectivity index (χ2v) is 9.11. The minimum atomic E-state index is -3.84. The fourth-order valence-electron chi connectivity index (χ4n) is 3.11. The molecule has 0 unspecified atom stereocenters. The van der Waals surface area contributed by atoms with Crippen LogP contribution in [-0.2, 0) is 16.6 Å². The van der Waals surface area contributed by atoms with Gasteiger partial charge in [0, 0.05) is 12.1 Å². The van der Waals surface area contributed by atoms with Gasteiger partial charge in [0.2, 0.25) is 15.8 Å². The van der Waals surface area contributed by atoms with Crippen LogP contribution in [0.25, 0.3) is 10.2 Å². The van der Waals surface area contributed by atoms with Crippen molar-refractivity contribution in [3.8, 4) is 17.2 Å². The number of hydrogen-bond acceptors (Lipinski definition) is 7. The molecule has 11 heteroatoms. The predicted octanol–water partition coefficient (Wildman–Crippen LogP) is 2.53. The Morgan fingerprint density at radius 1 is 1.10 bits per heavy atom. The number of hydrogen-bond donors (Lipinski definition) is 1. The van der Waals surface area contributed by atoms with Gasteiger partial charge in [-0.1, -0.05) is 18.3 Å². The number of fused-ring (bicyclic) bond motifs is 1. The molecule has 1 heterocycles. The topological polar surface area (TPSA) is 122 Å². The van der Waals surface area contributed by atoms with Gasteiger partial charge in [0.25, 0.3) is 5.91 Å². The highest BCUT2D eigenvalue weighted by molar-refractivity contribution is 7.89. The molecule has 9 nitrogen and oxygen atoms in total. The molecule has 0 fully saturated rings. The van der Waals surface area contributed by atoms with Crippen LogP contribution in [0.15, 0.2) is 40.2 Å². The lowest BCUT2D eigenvalue weighted by molar-refractivity contribution is 0.0997. The summed E-state index contributed by atoms with van der Waals surface area (Å²) in [6.45, 7) is 2.61. The van der Waals surface area contributed by atoms with E-state index in [2.05, 4.69) is 4.99 Å². The summed E-state index contributed by atoms with van der Waals surface area (Å²) in [5, 5.41) is 5.24. The molecule has 3 rings (SSSR count). The highest BCUT2D eigenvalue weighted by Crippen LogP contribution is 2.38. The van der Waals surface area contributed by atoms with E-state index in [0.29, 0.717) is 33.3 Å². The minimum absolute atomic E-state index is 0.00685. The van der Waals surface area contributed by atoms with E-state index in [1.807, 2.05) is 11.5 Å². The first-order valence-corrected chi connectivity index (χ1v) is 11.6. The van der Waals surface area contributed by atoms with E-state index in [0.717, 1.165) is 11.9 Å². The largest absolute Gasteiger partial charge is 0.493 e. The van der Waals surface area contributed by atoms with E-state index in [9.17, 15) is 13.2 Å². The van der Waals surface area contributed by atoms with Crippen LogP contribution in [0.1, 0.15) is 23.7 Å². The lowest BCUT2D eigenvalue weighted by atomic mass is 10.1. The summed E-state index contributed by atoms with van der Waals surface area (Å²) in [5.74, 6) is 0.564. The van der Waals surface area contributed by atoms with E-state index >= 15 is 0 Å². The Morgan fingerprint density at radius 2 is 1.74 bits per heavy atom. The molecule has 0 atom stereocenters. The van der Waals surface area contributed by atoms with Gasteiger partial charge in [0.15, 0.2) is 16.3 Å². The molecule has 0 saturated heterocycles. The molecule has 2 N–H and O–H groups in total. The van der Waals surface area contributed by atoms with Crippen LogP contribution >= 0.6 is 11.3 Å². The molecule has 0 aliphatic rings. The van der Waals surface area contributed by atoms with Gasteiger partial charge in [0.05, 0.1) is 36.4 Å². The third-order valence-corrected chi connectivity index (χ3v) is 6.49. The maximum atomic E-state index is 13.0. The first-order chi connectivity index (χ1) is 14.7. The normalized spacial score (nSPS) is 12.2. The number of carbonyl (C=O) groups excluding carboxylic acids is 1. The summed E-state index contributed by atoms with van der Waals surface area (Å²) in [6, 6.07) is 7.67. The van der Waals surface area contributed by atoms with Crippen molar-refractivity contribution in [2.24, 2.45) is 10.1 Å². The zero-order valence-electron chi connectivity index (χ0n) is 17.5. The average Bonchev–Trinajstić information content (AvgIpc) is 3.08. The molecule has 1 amide bonds. The fraction of sp³-hybridized carbons (Fsp3) is 0.300. The van der Waals surface area contributed by atoms with Crippen molar-refractivity contribution in [3.63, 3.8) is 0 Å². The highest BCUT2D eigenvalue weighted by atomic mass is 32.2. The molecule has 0 bridgehead atoms. The molecule has 0 spiro atoms. The molecule has 3 aromatic rings. The minimum Gasteiger partial charge on any atom is -0.493 e. The van der Waals surface area contributed by atoms with Crippen molar-refractivity contribution in [1.29, 1.82) is 0 Å². The van der Waals surface area contributed by atoms with E-state index in [4.69, 9.17) is 19.3 Å². The quantitative estimate of drug-likeness (QED) is 0.572. The van der Waals surface area contributed by atoms with Gasteiger partial charge in [0.1, 0.15) is 0 Å². The van der Waals surface area contributed by atoms with Crippen LogP contribution < -0.4 is 24.2 Å². The van der Waals surface area contributed by atoms with Crippen LogP contribution in [0.3, 0.4) is 0 Å². The van der Waals surface area contributed by atoms with Crippen molar-refractivity contribution >= 4 is 37.5 Å². The number of nitrogens with two attached hydrogens (primary N) is 1. The number of sulfonamides is 1. The molecule has 1 aromatic heterocycles. The van der Waals surface area contributed by atoms with Gasteiger partial charge >= 0.3 is 0 Å². The number of benzene rings is 2. The summed E-state index contributed by atoms with van der Waals surface area (Å²) in [4.78, 5) is 17.7. The van der Waals surface area contributed by atoms with Crippen LogP contribution in [0.4, 0.5) is 0 Å². The lowest BCUT2D eigenvalue weighted by Gasteiger charge is -2.12. The molecule has 0 aliphatic heterocycles. The number of methoxy groups -OCH3 is 3. The molecular weight excluding hydrogens is 442 g/mol. The maximum absolute atomic E-state index is 13.0. The number of primary sulfonamides is 1. The van der Waals surface area contributed by atoms with Crippen LogP contribution in [0.2, 0.25) is 0 Å². The van der Waals surface area contributed by atoms with E-state index in [1.54, 1.807) is 6.07 Å². The molecule has 0 saturated carbocycles. The van der Waals surface area contributed by atoms with Crippen molar-refractivity contribution in [3.05, 3.63) is 40.7 Å². The van der Waals surface area contributed by atoms with Gasteiger partial charge in [-0.2, -0.15) is 4.99 Å². The summed E-state index contributed by atoms with van der Waals surface area (Å²) >= 11 is 1.21. The zero-order valence-corrected chi connectivity index (χ0v) is 19.2. The Balaban J connectivity index is 2.17. The van der Waals surface area contributed by atoms with E-state index in [-0.39, 0.29) is 10.5 Å². The van der Waals surface area contributed by atoms with Crippen LogP contribution in [0, 0.1) is 0 Å². The van der Waals surface area contributed by atoms with Crippen molar-refractivity contribution in [2.45, 2.75) is 24.8 Å². The predicted molar refractivity (Wildman–Crippen MR) is 117 cm³/mol. The first kappa shape index (κ1) is 22.8. The average molecular weight is 466 g/mol. The van der Waals surface area contributed by atoms with Gasteiger partial charge < -0.3 is 18.8 Å². The summed E-state index contributed by atoms with van der Waals surface area (Å²) < 4.78 is 41.8. The number of aryl methyl sites for hydroxylation is 1. The van der Waals surface area contributed by atoms with E-state index < -0.39 is 15.9 Å². The molecule has 31 heavy (non-hydrogen) atoms. The van der Waals surface area contributed by atoms with Gasteiger partial charge in [-0.05, 0) is 36.8 Å². The summed E-state index contributed by atoms with van der Waals surface area (Å²) in [6.07, 6.45) is 0.800. The molecule has 0 aliphatic carbocycles. The maximum Gasteiger partial charge on any atom is 0.279 e. The number of amides is 1. The Labute approximate surface area is 183 Å². The number of thiazole rings is 1. The van der Waals surface area contributed by atoms with Crippen LogP contribution in [0.5, 0.6) is 17.2 Å². The fourth-order valence-corrected chi connectivity index (χ4v) is 4.82. The monoisotopic (exact) mass is 465 g/mol. The second-order valence-electron chi connectivity index (χ2n) is 6.54. The Bertz CT molecular complexity index is 1280. The zero-order chi connectivity index (χ0) is 22.8. The molecular formula is C20H23N3O6S2. The Morgan fingerprint density at radius 3 is 2.26 bits per heavy atom. The van der Waals surface area contributed by atoms with Gasteiger partial charge in [-0.15, -0.1) is 0 Å². The van der Waals surface area contributed by atoms with Crippen molar-refractivity contribution in [1.82, 2.24) is 4.57 Å². The summed E-state index contributed by atoms with van der Waals surface area (Å²) in [7, 11) is 0.572. The number of ether oxygens (including phenoxy) is 3. The van der Waals surface area contributed by atoms with Crippen LogP contribution in [-0.4, -0.2) is 40.2 Å². The van der Waals surface area contributed by atoms with Gasteiger partial charge in [-0.3, -0.25) is 4.79 Å². The number of rotatable bonds is 7. The number of carbonyl (C=O) groups is 1. The highest BCUT2D eigenvalue weighted by Gasteiger charge is 2.18. The Kier molecular flexibility index (Phi) is 6.68. The molecule has 2 aromatic carbocycles. The SMILES string of the molecule is CCCn1c(=NC(=O)c2cc(OC)c(OC)c(OC)c2)sc2cc(S(N)(=O)=O)ccc21. The number of aromatic nitrogens is 1. The summed E-state index contributed by atoms with van der Waals surface area (Å²) in [5.41, 5.74) is 1.04. The smallest absolute Gasteiger partial charge is 0.279 e. The van der Waals surface area contributed by atoms with Gasteiger partial charge in [-0.25, -0.2) is 13.6 Å². The molecule has 166 valence electrons. The van der Waals surface area contributed by atoms with E-state index in [1.165, 1.54) is 56.9 Å².